The van der Waals surface area contributed by atoms with Crippen molar-refractivity contribution in [3.8, 4) is 28.4 Å². The summed E-state index contributed by atoms with van der Waals surface area (Å²) in [5.41, 5.74) is 2.72. The molecule has 4 aromatic carbocycles. The van der Waals surface area contributed by atoms with Gasteiger partial charge in [-0.15, -0.1) is 0 Å². The Kier molecular flexibility index (Phi) is 7.35. The second-order valence-corrected chi connectivity index (χ2v) is 11.6. The zero-order valence-corrected chi connectivity index (χ0v) is 21.8. The number of hydrogen-bond donors (Lipinski definition) is 2. The highest BCUT2D eigenvalue weighted by atomic mass is 32.2. The predicted molar refractivity (Wildman–Crippen MR) is 149 cm³/mol. The minimum atomic E-state index is -3.29. The maximum Gasteiger partial charge on any atom is 0.175 e. The molecule has 5 rings (SSSR count). The summed E-state index contributed by atoms with van der Waals surface area (Å²) in [6.07, 6.45) is 5.13. The molecule has 1 saturated heterocycles. The van der Waals surface area contributed by atoms with Crippen LogP contribution in [-0.4, -0.2) is 50.9 Å². The zero-order chi connectivity index (χ0) is 25.8. The Labute approximate surface area is 218 Å². The van der Waals surface area contributed by atoms with Gasteiger partial charge >= 0.3 is 0 Å². The van der Waals surface area contributed by atoms with Crippen LogP contribution in [0.1, 0.15) is 19.3 Å². The van der Waals surface area contributed by atoms with E-state index in [4.69, 9.17) is 4.74 Å². The lowest BCUT2D eigenvalue weighted by atomic mass is 9.99. The summed E-state index contributed by atoms with van der Waals surface area (Å²) in [4.78, 5) is 2.78. The number of benzene rings is 4. The number of hydrogen-bond acceptors (Lipinski definition) is 6. The van der Waals surface area contributed by atoms with Crippen LogP contribution in [0.4, 0.5) is 5.69 Å². The van der Waals surface area contributed by atoms with Gasteiger partial charge in [-0.25, -0.2) is 8.42 Å². The molecule has 0 bridgehead atoms. The molecule has 37 heavy (non-hydrogen) atoms. The number of anilines is 1. The first kappa shape index (κ1) is 25.1. The molecule has 0 saturated carbocycles. The SMILES string of the molecule is CS(=O)(=O)c1ccc(-c2ccc3cc(O)ccc3c2Oc2ccc(NCCN3CCCCC3)cc2)cc1. The van der Waals surface area contributed by atoms with E-state index < -0.39 is 9.84 Å². The molecule has 1 fully saturated rings. The van der Waals surface area contributed by atoms with E-state index in [1.165, 1.54) is 38.6 Å². The minimum absolute atomic E-state index is 0.184. The average molecular weight is 517 g/mol. The van der Waals surface area contributed by atoms with Gasteiger partial charge in [0, 0.05) is 36.0 Å². The number of nitrogens with zero attached hydrogens (tertiary/aromatic N) is 1. The molecule has 6 nitrogen and oxygen atoms in total. The fourth-order valence-electron chi connectivity index (χ4n) is 4.81. The van der Waals surface area contributed by atoms with Crippen LogP contribution >= 0.6 is 0 Å². The average Bonchev–Trinajstić information content (AvgIpc) is 2.90. The summed E-state index contributed by atoms with van der Waals surface area (Å²) in [6.45, 7) is 4.33. The third-order valence-electron chi connectivity index (χ3n) is 6.83. The Morgan fingerprint density at radius 1 is 0.892 bits per heavy atom. The first-order chi connectivity index (χ1) is 17.9. The van der Waals surface area contributed by atoms with Crippen molar-refractivity contribution in [1.29, 1.82) is 0 Å². The van der Waals surface area contributed by atoms with Gasteiger partial charge in [-0.2, -0.15) is 0 Å². The molecule has 0 unspecified atom stereocenters. The number of aromatic hydroxyl groups is 1. The normalized spacial score (nSPS) is 14.5. The summed E-state index contributed by atoms with van der Waals surface area (Å²) in [6, 6.07) is 23.8. The Morgan fingerprint density at radius 3 is 2.32 bits per heavy atom. The highest BCUT2D eigenvalue weighted by Gasteiger charge is 2.15. The Bertz CT molecular complexity index is 1480. The van der Waals surface area contributed by atoms with Crippen LogP contribution in [0.2, 0.25) is 0 Å². The smallest absolute Gasteiger partial charge is 0.175 e. The molecular formula is C30H32N2O4S. The fourth-order valence-corrected chi connectivity index (χ4v) is 5.44. The lowest BCUT2D eigenvalue weighted by molar-refractivity contribution is 0.237. The van der Waals surface area contributed by atoms with Crippen LogP contribution in [0.15, 0.2) is 83.8 Å². The van der Waals surface area contributed by atoms with Crippen LogP contribution < -0.4 is 10.1 Å². The van der Waals surface area contributed by atoms with Gasteiger partial charge in [-0.05, 0) is 97.5 Å². The van der Waals surface area contributed by atoms with Crippen molar-refractivity contribution in [2.45, 2.75) is 24.2 Å². The Hall–Kier alpha value is -3.55. The van der Waals surface area contributed by atoms with E-state index in [2.05, 4.69) is 10.2 Å². The van der Waals surface area contributed by atoms with Crippen molar-refractivity contribution >= 4 is 26.3 Å². The lowest BCUT2D eigenvalue weighted by Crippen LogP contribution is -2.33. The molecule has 0 amide bonds. The van der Waals surface area contributed by atoms with Crippen molar-refractivity contribution < 1.29 is 18.3 Å². The van der Waals surface area contributed by atoms with Gasteiger partial charge in [0.1, 0.15) is 17.2 Å². The predicted octanol–water partition coefficient (Wildman–Crippen LogP) is 6.31. The van der Waals surface area contributed by atoms with E-state index in [0.717, 1.165) is 40.7 Å². The number of likely N-dealkylation sites (tertiary alicyclic amines) is 1. The second-order valence-electron chi connectivity index (χ2n) is 9.60. The van der Waals surface area contributed by atoms with E-state index in [1.807, 2.05) is 42.5 Å². The molecular weight excluding hydrogens is 484 g/mol. The molecule has 4 aromatic rings. The van der Waals surface area contributed by atoms with Crippen LogP contribution in [0.5, 0.6) is 17.2 Å². The second kappa shape index (κ2) is 10.8. The summed E-state index contributed by atoms with van der Waals surface area (Å²) < 4.78 is 30.3. The lowest BCUT2D eigenvalue weighted by Gasteiger charge is -2.26. The Balaban J connectivity index is 1.39. The molecule has 192 valence electrons. The molecule has 0 spiro atoms. The first-order valence-electron chi connectivity index (χ1n) is 12.7. The number of rotatable bonds is 8. The van der Waals surface area contributed by atoms with Crippen molar-refractivity contribution in [2.24, 2.45) is 0 Å². The molecule has 7 heteroatoms. The van der Waals surface area contributed by atoms with E-state index in [1.54, 1.807) is 36.4 Å². The van der Waals surface area contributed by atoms with Gasteiger partial charge in [-0.3, -0.25) is 0 Å². The number of sulfone groups is 1. The van der Waals surface area contributed by atoms with E-state index in [9.17, 15) is 13.5 Å². The van der Waals surface area contributed by atoms with Crippen molar-refractivity contribution in [3.05, 3.63) is 78.9 Å². The summed E-state index contributed by atoms with van der Waals surface area (Å²) >= 11 is 0. The third-order valence-corrected chi connectivity index (χ3v) is 7.96. The first-order valence-corrected chi connectivity index (χ1v) is 14.6. The van der Waals surface area contributed by atoms with Gasteiger partial charge in [0.2, 0.25) is 0 Å². The number of phenols is 1. The standard InChI is InChI=1S/C30H32N2O4S/c1-37(34,35)27-13-5-22(6-14-27)28-15-7-23-21-25(33)10-16-29(23)30(28)36-26-11-8-24(9-12-26)31-17-20-32-18-3-2-4-19-32/h5-16,21,31,33H,2-4,17-20H2,1H3. The summed E-state index contributed by atoms with van der Waals surface area (Å²) in [7, 11) is -3.29. The molecule has 1 aliphatic heterocycles. The maximum absolute atomic E-state index is 11.9. The topological polar surface area (TPSA) is 78.9 Å². The number of phenolic OH excluding ortho intramolecular Hbond substituents is 1. The zero-order valence-electron chi connectivity index (χ0n) is 21.0. The molecule has 1 heterocycles. The number of ether oxygens (including phenoxy) is 1. The minimum Gasteiger partial charge on any atom is -0.508 e. The van der Waals surface area contributed by atoms with Gasteiger partial charge in [0.05, 0.1) is 4.90 Å². The van der Waals surface area contributed by atoms with Gasteiger partial charge < -0.3 is 20.1 Å². The fraction of sp³-hybridized carbons (Fsp3) is 0.267. The molecule has 0 aliphatic carbocycles. The monoisotopic (exact) mass is 516 g/mol. The Morgan fingerprint density at radius 2 is 1.62 bits per heavy atom. The molecule has 2 N–H and O–H groups in total. The highest BCUT2D eigenvalue weighted by molar-refractivity contribution is 7.90. The van der Waals surface area contributed by atoms with E-state index in [-0.39, 0.29) is 10.6 Å². The maximum atomic E-state index is 11.9. The largest absolute Gasteiger partial charge is 0.508 e. The number of fused-ring (bicyclic) bond motifs is 1. The number of piperidine rings is 1. The van der Waals surface area contributed by atoms with Crippen LogP contribution in [0.3, 0.4) is 0 Å². The van der Waals surface area contributed by atoms with Crippen molar-refractivity contribution in [1.82, 2.24) is 4.90 Å². The van der Waals surface area contributed by atoms with Crippen LogP contribution in [0.25, 0.3) is 21.9 Å². The summed E-state index contributed by atoms with van der Waals surface area (Å²) in [5, 5.41) is 15.2. The van der Waals surface area contributed by atoms with E-state index >= 15 is 0 Å². The highest BCUT2D eigenvalue weighted by Crippen LogP contribution is 2.41. The quantitative estimate of drug-likeness (QED) is 0.286. The molecule has 0 atom stereocenters. The molecule has 0 aromatic heterocycles. The van der Waals surface area contributed by atoms with Gasteiger partial charge in [0.15, 0.2) is 9.84 Å². The summed E-state index contributed by atoms with van der Waals surface area (Å²) in [5.74, 6) is 1.52. The van der Waals surface area contributed by atoms with Crippen LogP contribution in [0, 0.1) is 0 Å². The van der Waals surface area contributed by atoms with Gasteiger partial charge in [0.25, 0.3) is 0 Å². The van der Waals surface area contributed by atoms with Gasteiger partial charge in [-0.1, -0.05) is 24.6 Å². The van der Waals surface area contributed by atoms with E-state index in [0.29, 0.717) is 11.5 Å². The number of nitrogens with one attached hydrogen (secondary N) is 1. The molecule has 1 aliphatic rings. The van der Waals surface area contributed by atoms with Crippen LogP contribution in [-0.2, 0) is 9.84 Å². The van der Waals surface area contributed by atoms with Crippen molar-refractivity contribution in [2.75, 3.05) is 37.8 Å². The molecule has 0 radical (unpaired) electrons. The van der Waals surface area contributed by atoms with Crippen molar-refractivity contribution in [3.63, 3.8) is 0 Å². The third kappa shape index (κ3) is 6.06.